The van der Waals surface area contributed by atoms with Crippen LogP contribution in [-0.2, 0) is 4.74 Å². The standard InChI is InChI=1S/C13H20N2O3/c1-9(2)18-12-5-4-10(14)8-11(12)13(16)15-6-7-17-3/h4-5,8-9H,6-7,14H2,1-3H3,(H,15,16). The first-order valence-corrected chi connectivity index (χ1v) is 5.88. The molecule has 5 nitrogen and oxygen atoms in total. The van der Waals surface area contributed by atoms with E-state index in [0.29, 0.717) is 30.2 Å². The van der Waals surface area contributed by atoms with Crippen LogP contribution in [0.3, 0.4) is 0 Å². The zero-order valence-electron chi connectivity index (χ0n) is 11.0. The van der Waals surface area contributed by atoms with Gasteiger partial charge in [0.25, 0.3) is 5.91 Å². The smallest absolute Gasteiger partial charge is 0.255 e. The van der Waals surface area contributed by atoms with Crippen LogP contribution in [0.2, 0.25) is 0 Å². The fraction of sp³-hybridized carbons (Fsp3) is 0.462. The summed E-state index contributed by atoms with van der Waals surface area (Å²) in [7, 11) is 1.58. The molecule has 18 heavy (non-hydrogen) atoms. The molecule has 0 fully saturated rings. The fourth-order valence-electron chi connectivity index (χ4n) is 1.44. The van der Waals surface area contributed by atoms with Crippen molar-refractivity contribution in [2.24, 2.45) is 0 Å². The van der Waals surface area contributed by atoms with Crippen molar-refractivity contribution >= 4 is 11.6 Å². The minimum absolute atomic E-state index is 0.000787. The molecule has 0 unspecified atom stereocenters. The van der Waals surface area contributed by atoms with Crippen molar-refractivity contribution in [3.05, 3.63) is 23.8 Å². The molecule has 3 N–H and O–H groups in total. The summed E-state index contributed by atoms with van der Waals surface area (Å²) in [5.74, 6) is 0.323. The monoisotopic (exact) mass is 252 g/mol. The van der Waals surface area contributed by atoms with E-state index in [1.165, 1.54) is 0 Å². The molecular formula is C13H20N2O3. The molecule has 0 heterocycles. The van der Waals surface area contributed by atoms with Crippen LogP contribution >= 0.6 is 0 Å². The van der Waals surface area contributed by atoms with Gasteiger partial charge in [-0.3, -0.25) is 4.79 Å². The molecular weight excluding hydrogens is 232 g/mol. The van der Waals surface area contributed by atoms with E-state index in [-0.39, 0.29) is 12.0 Å². The summed E-state index contributed by atoms with van der Waals surface area (Å²) in [5.41, 5.74) is 6.67. The molecule has 0 aromatic heterocycles. The summed E-state index contributed by atoms with van der Waals surface area (Å²) in [5, 5.41) is 2.74. The van der Waals surface area contributed by atoms with Gasteiger partial charge in [-0.25, -0.2) is 0 Å². The molecule has 1 aromatic carbocycles. The van der Waals surface area contributed by atoms with Crippen molar-refractivity contribution in [1.29, 1.82) is 0 Å². The van der Waals surface area contributed by atoms with Gasteiger partial charge in [0, 0.05) is 19.3 Å². The van der Waals surface area contributed by atoms with Gasteiger partial charge in [-0.05, 0) is 32.0 Å². The van der Waals surface area contributed by atoms with Gasteiger partial charge in [0.2, 0.25) is 0 Å². The number of nitrogens with one attached hydrogen (secondary N) is 1. The highest BCUT2D eigenvalue weighted by Crippen LogP contribution is 2.22. The summed E-state index contributed by atoms with van der Waals surface area (Å²) >= 11 is 0. The zero-order chi connectivity index (χ0) is 13.5. The minimum Gasteiger partial charge on any atom is -0.490 e. The second-order valence-electron chi connectivity index (χ2n) is 4.17. The molecule has 0 aliphatic heterocycles. The minimum atomic E-state index is -0.213. The van der Waals surface area contributed by atoms with Crippen LogP contribution in [0.15, 0.2) is 18.2 Å². The molecule has 0 aliphatic carbocycles. The van der Waals surface area contributed by atoms with Gasteiger partial charge in [-0.15, -0.1) is 0 Å². The average molecular weight is 252 g/mol. The summed E-state index contributed by atoms with van der Waals surface area (Å²) in [6, 6.07) is 5.03. The molecule has 0 saturated carbocycles. The molecule has 0 radical (unpaired) electrons. The van der Waals surface area contributed by atoms with E-state index in [9.17, 15) is 4.79 Å². The normalized spacial score (nSPS) is 10.4. The molecule has 0 aliphatic rings. The lowest BCUT2D eigenvalue weighted by molar-refractivity contribution is 0.0931. The Morgan fingerprint density at radius 3 is 2.78 bits per heavy atom. The van der Waals surface area contributed by atoms with E-state index in [2.05, 4.69) is 5.32 Å². The molecule has 0 bridgehead atoms. The Balaban J connectivity index is 2.83. The number of ether oxygens (including phenoxy) is 2. The van der Waals surface area contributed by atoms with E-state index in [4.69, 9.17) is 15.2 Å². The third-order valence-electron chi connectivity index (χ3n) is 2.20. The van der Waals surface area contributed by atoms with Gasteiger partial charge in [0.05, 0.1) is 18.3 Å². The summed E-state index contributed by atoms with van der Waals surface area (Å²) in [6.45, 7) is 4.73. The van der Waals surface area contributed by atoms with Crippen molar-refractivity contribution in [2.75, 3.05) is 26.0 Å². The Kier molecular flexibility index (Phi) is 5.45. The second-order valence-corrected chi connectivity index (χ2v) is 4.17. The van der Waals surface area contributed by atoms with Crippen molar-refractivity contribution in [1.82, 2.24) is 5.32 Å². The SMILES string of the molecule is COCCNC(=O)c1cc(N)ccc1OC(C)C. The molecule has 1 amide bonds. The largest absolute Gasteiger partial charge is 0.490 e. The topological polar surface area (TPSA) is 73.6 Å². The first-order chi connectivity index (χ1) is 8.54. The number of carbonyl (C=O) groups excluding carboxylic acids is 1. The van der Waals surface area contributed by atoms with E-state index in [1.54, 1.807) is 25.3 Å². The summed E-state index contributed by atoms with van der Waals surface area (Å²) in [6.07, 6.45) is -0.000787. The Hall–Kier alpha value is -1.75. The second kappa shape index (κ2) is 6.86. The molecule has 100 valence electrons. The number of nitrogen functional groups attached to an aromatic ring is 1. The Morgan fingerprint density at radius 2 is 2.17 bits per heavy atom. The van der Waals surface area contributed by atoms with Crippen LogP contribution < -0.4 is 15.8 Å². The summed E-state index contributed by atoms with van der Waals surface area (Å²) < 4.78 is 10.5. The lowest BCUT2D eigenvalue weighted by Crippen LogP contribution is -2.27. The molecule has 1 aromatic rings. The first-order valence-electron chi connectivity index (χ1n) is 5.88. The van der Waals surface area contributed by atoms with Gasteiger partial charge in [-0.2, -0.15) is 0 Å². The van der Waals surface area contributed by atoms with Gasteiger partial charge in [0.1, 0.15) is 5.75 Å². The Bertz CT molecular complexity index is 405. The van der Waals surface area contributed by atoms with Gasteiger partial charge in [-0.1, -0.05) is 0 Å². The molecule has 1 rings (SSSR count). The van der Waals surface area contributed by atoms with E-state index >= 15 is 0 Å². The number of hydrogen-bond acceptors (Lipinski definition) is 4. The Morgan fingerprint density at radius 1 is 1.44 bits per heavy atom. The third-order valence-corrected chi connectivity index (χ3v) is 2.20. The first kappa shape index (κ1) is 14.3. The van der Waals surface area contributed by atoms with E-state index in [1.807, 2.05) is 13.8 Å². The highest BCUT2D eigenvalue weighted by molar-refractivity contribution is 5.97. The maximum atomic E-state index is 12.0. The molecule has 5 heteroatoms. The zero-order valence-corrected chi connectivity index (χ0v) is 11.0. The van der Waals surface area contributed by atoms with E-state index in [0.717, 1.165) is 0 Å². The fourth-order valence-corrected chi connectivity index (χ4v) is 1.44. The van der Waals surface area contributed by atoms with Gasteiger partial charge < -0.3 is 20.5 Å². The predicted octanol–water partition coefficient (Wildman–Crippen LogP) is 1.43. The van der Waals surface area contributed by atoms with Crippen LogP contribution in [-0.4, -0.2) is 32.3 Å². The molecule has 0 spiro atoms. The van der Waals surface area contributed by atoms with Crippen LogP contribution in [0.25, 0.3) is 0 Å². The Labute approximate surface area is 107 Å². The van der Waals surface area contributed by atoms with Crippen LogP contribution in [0.1, 0.15) is 24.2 Å². The lowest BCUT2D eigenvalue weighted by atomic mass is 10.1. The number of nitrogens with two attached hydrogens (primary N) is 1. The van der Waals surface area contributed by atoms with E-state index < -0.39 is 0 Å². The van der Waals surface area contributed by atoms with Gasteiger partial charge >= 0.3 is 0 Å². The highest BCUT2D eigenvalue weighted by atomic mass is 16.5. The molecule has 0 saturated heterocycles. The van der Waals surface area contributed by atoms with Crippen molar-refractivity contribution < 1.29 is 14.3 Å². The number of carbonyl (C=O) groups is 1. The number of benzene rings is 1. The highest BCUT2D eigenvalue weighted by Gasteiger charge is 2.13. The number of rotatable bonds is 6. The van der Waals surface area contributed by atoms with Crippen LogP contribution in [0, 0.1) is 0 Å². The quantitative estimate of drug-likeness (QED) is 0.593. The van der Waals surface area contributed by atoms with Gasteiger partial charge in [0.15, 0.2) is 0 Å². The average Bonchev–Trinajstić information content (AvgIpc) is 2.31. The summed E-state index contributed by atoms with van der Waals surface area (Å²) in [4.78, 5) is 12.0. The maximum Gasteiger partial charge on any atom is 0.255 e. The number of amides is 1. The van der Waals surface area contributed by atoms with Crippen molar-refractivity contribution in [3.8, 4) is 5.75 Å². The lowest BCUT2D eigenvalue weighted by Gasteiger charge is -2.14. The third kappa shape index (κ3) is 4.25. The van der Waals surface area contributed by atoms with Crippen LogP contribution in [0.4, 0.5) is 5.69 Å². The predicted molar refractivity (Wildman–Crippen MR) is 70.8 cm³/mol. The molecule has 0 atom stereocenters. The number of methoxy groups -OCH3 is 1. The number of hydrogen-bond donors (Lipinski definition) is 2. The number of anilines is 1. The van der Waals surface area contributed by atoms with Crippen molar-refractivity contribution in [2.45, 2.75) is 20.0 Å². The van der Waals surface area contributed by atoms with Crippen molar-refractivity contribution in [3.63, 3.8) is 0 Å². The maximum absolute atomic E-state index is 12.0. The van der Waals surface area contributed by atoms with Crippen LogP contribution in [0.5, 0.6) is 5.75 Å².